The van der Waals surface area contributed by atoms with Crippen LogP contribution in [0.15, 0.2) is 58.9 Å². The highest BCUT2D eigenvalue weighted by Gasteiger charge is 2.43. The van der Waals surface area contributed by atoms with E-state index in [0.717, 1.165) is 47.9 Å². The Hall–Kier alpha value is -2.57. The van der Waals surface area contributed by atoms with Crippen LogP contribution in [0, 0.1) is 11.8 Å². The van der Waals surface area contributed by atoms with Crippen LogP contribution in [0.3, 0.4) is 0 Å². The topological polar surface area (TPSA) is 118 Å². The molecule has 1 amide bonds. The Morgan fingerprint density at radius 2 is 1.93 bits per heavy atom. The molecule has 2 aromatic carbocycles. The molecule has 5 rings (SSSR count). The molecule has 1 aliphatic carbocycles. The fourth-order valence-corrected chi connectivity index (χ4v) is 8.49. The van der Waals surface area contributed by atoms with E-state index in [0.29, 0.717) is 13.0 Å². The van der Waals surface area contributed by atoms with Crippen molar-refractivity contribution in [1.29, 1.82) is 0 Å². The minimum Gasteiger partial charge on any atom is -0.446 e. The van der Waals surface area contributed by atoms with Crippen molar-refractivity contribution in [3.63, 3.8) is 0 Å². The molecule has 11 heteroatoms. The van der Waals surface area contributed by atoms with Gasteiger partial charge < -0.3 is 19.9 Å². The summed E-state index contributed by atoms with van der Waals surface area (Å²) in [6.07, 6.45) is 2.56. The maximum absolute atomic E-state index is 14.0. The second kappa shape index (κ2) is 13.8. The highest BCUT2D eigenvalue weighted by Crippen LogP contribution is 2.38. The average molecular weight is 616 g/mol. The summed E-state index contributed by atoms with van der Waals surface area (Å²) in [5.41, 5.74) is 3.35. The molecule has 1 aromatic heterocycles. The number of carbonyl (C=O) groups is 1. The van der Waals surface area contributed by atoms with E-state index in [-0.39, 0.29) is 42.0 Å². The number of benzene rings is 2. The van der Waals surface area contributed by atoms with Gasteiger partial charge in [0.25, 0.3) is 0 Å². The Bertz CT molecular complexity index is 1430. The van der Waals surface area contributed by atoms with Gasteiger partial charge in [-0.15, -0.1) is 11.3 Å². The molecule has 0 radical (unpaired) electrons. The van der Waals surface area contributed by atoms with Crippen LogP contribution >= 0.6 is 11.3 Å². The molecule has 3 aromatic rings. The summed E-state index contributed by atoms with van der Waals surface area (Å²) in [4.78, 5) is 17.6. The smallest absolute Gasteiger partial charge is 0.407 e. The first-order chi connectivity index (χ1) is 20.3. The Balaban J connectivity index is 1.36. The van der Waals surface area contributed by atoms with Crippen molar-refractivity contribution in [2.75, 3.05) is 19.7 Å². The van der Waals surface area contributed by atoms with E-state index in [9.17, 15) is 18.3 Å². The minimum absolute atomic E-state index is 0.119. The van der Waals surface area contributed by atoms with Gasteiger partial charge in [0, 0.05) is 25.6 Å². The van der Waals surface area contributed by atoms with Gasteiger partial charge >= 0.3 is 6.09 Å². The van der Waals surface area contributed by atoms with Crippen molar-refractivity contribution in [3.8, 4) is 0 Å². The number of hydrogen-bond acceptors (Lipinski definition) is 8. The summed E-state index contributed by atoms with van der Waals surface area (Å²) in [5.74, 6) is 0.318. The van der Waals surface area contributed by atoms with Gasteiger partial charge in [-0.05, 0) is 55.4 Å². The summed E-state index contributed by atoms with van der Waals surface area (Å²) in [6.45, 7) is 4.86. The van der Waals surface area contributed by atoms with Crippen LogP contribution in [0.5, 0.6) is 0 Å². The number of nitrogens with zero attached hydrogens (tertiary/aromatic N) is 2. The summed E-state index contributed by atoms with van der Waals surface area (Å²) in [5, 5.41) is 14.5. The molecular formula is C31H41N3O6S2. The van der Waals surface area contributed by atoms with E-state index in [2.05, 4.69) is 10.3 Å². The van der Waals surface area contributed by atoms with E-state index in [1.807, 2.05) is 44.2 Å². The van der Waals surface area contributed by atoms with Crippen LogP contribution in [0.4, 0.5) is 4.79 Å². The standard InChI is InChI=1S/C31H41N3O6S2/c1-3-21(4-2)18-34(42(37,38)23-10-11-25-30(17-23)41-20-32-25)19-27(35)26(16-22-8-6-5-7-9-22)33-31(36)40-29-13-12-28-24(29)14-15-39-28/h5-11,17,20-21,24,26-29,35H,3-4,12-16,18-19H2,1-2H3,(H,33,36)/t24-,26+,27-,28-,29?/m1/s1. The van der Waals surface area contributed by atoms with E-state index in [1.54, 1.807) is 23.7 Å². The monoisotopic (exact) mass is 615 g/mol. The van der Waals surface area contributed by atoms with Crippen LogP contribution < -0.4 is 5.32 Å². The Morgan fingerprint density at radius 1 is 1.14 bits per heavy atom. The Kier molecular flexibility index (Phi) is 10.2. The molecule has 9 nitrogen and oxygen atoms in total. The molecule has 2 N–H and O–H groups in total. The number of rotatable bonds is 13. The van der Waals surface area contributed by atoms with Gasteiger partial charge in [0.1, 0.15) is 6.10 Å². The van der Waals surface area contributed by atoms with E-state index < -0.39 is 28.3 Å². The third-order valence-corrected chi connectivity index (χ3v) is 11.4. The lowest BCUT2D eigenvalue weighted by atomic mass is 10.0. The Labute approximate surface area is 252 Å². The van der Waals surface area contributed by atoms with Crippen LogP contribution in [0.1, 0.15) is 51.5 Å². The molecule has 0 bridgehead atoms. The quantitative estimate of drug-likeness (QED) is 0.278. The van der Waals surface area contributed by atoms with Gasteiger partial charge in [-0.25, -0.2) is 18.2 Å². The van der Waals surface area contributed by atoms with E-state index in [4.69, 9.17) is 9.47 Å². The van der Waals surface area contributed by atoms with Gasteiger partial charge in [0.15, 0.2) is 0 Å². The summed E-state index contributed by atoms with van der Waals surface area (Å²) < 4.78 is 41.8. The largest absolute Gasteiger partial charge is 0.446 e. The van der Waals surface area contributed by atoms with E-state index >= 15 is 0 Å². The average Bonchev–Trinajstić information content (AvgIpc) is 3.74. The predicted molar refractivity (Wildman–Crippen MR) is 163 cm³/mol. The minimum atomic E-state index is -3.95. The number of amides is 1. The van der Waals surface area contributed by atoms with Crippen molar-refractivity contribution in [2.45, 2.75) is 81.6 Å². The fraction of sp³-hybridized carbons (Fsp3) is 0.548. The number of ether oxygens (including phenoxy) is 2. The fourth-order valence-electron chi connectivity index (χ4n) is 6.14. The zero-order chi connectivity index (χ0) is 29.7. The predicted octanol–water partition coefficient (Wildman–Crippen LogP) is 4.99. The van der Waals surface area contributed by atoms with Crippen LogP contribution in [0.25, 0.3) is 10.2 Å². The normalized spacial score (nSPS) is 22.0. The van der Waals surface area contributed by atoms with Crippen molar-refractivity contribution >= 4 is 37.7 Å². The number of carbonyl (C=O) groups excluding carboxylic acids is 1. The molecular weight excluding hydrogens is 574 g/mol. The number of aliphatic hydroxyl groups is 1. The summed E-state index contributed by atoms with van der Waals surface area (Å²) in [6, 6.07) is 13.7. The molecule has 2 fully saturated rings. The molecule has 228 valence electrons. The molecule has 1 saturated carbocycles. The number of alkyl carbamates (subject to hydrolysis) is 1. The summed E-state index contributed by atoms with van der Waals surface area (Å²) >= 11 is 1.38. The zero-order valence-corrected chi connectivity index (χ0v) is 25.9. The zero-order valence-electron chi connectivity index (χ0n) is 24.2. The van der Waals surface area contributed by atoms with Gasteiger partial charge in [0.2, 0.25) is 10.0 Å². The number of aliphatic hydroxyl groups excluding tert-OH is 1. The third kappa shape index (κ3) is 7.14. The third-order valence-electron chi connectivity index (χ3n) is 8.75. The first kappa shape index (κ1) is 30.9. The number of hydrogen-bond donors (Lipinski definition) is 2. The number of sulfonamides is 1. The van der Waals surface area contributed by atoms with Crippen LogP contribution in [-0.4, -0.2) is 73.0 Å². The maximum Gasteiger partial charge on any atom is 0.407 e. The molecule has 1 aliphatic heterocycles. The SMILES string of the molecule is CCC(CC)CN(C[C@@H](O)[C@H](Cc1ccccc1)NC(=O)OC1CC[C@H]2OCC[C@@H]12)S(=O)(=O)c1ccc2ncsc2c1. The van der Waals surface area contributed by atoms with Gasteiger partial charge in [-0.1, -0.05) is 57.0 Å². The molecule has 1 unspecified atom stereocenters. The van der Waals surface area contributed by atoms with Gasteiger partial charge in [-0.2, -0.15) is 4.31 Å². The lowest BCUT2D eigenvalue weighted by Crippen LogP contribution is -2.51. The molecule has 2 aliphatic rings. The van der Waals surface area contributed by atoms with Crippen molar-refractivity contribution in [2.24, 2.45) is 11.8 Å². The van der Waals surface area contributed by atoms with Crippen molar-refractivity contribution in [1.82, 2.24) is 14.6 Å². The number of aromatic nitrogens is 1. The highest BCUT2D eigenvalue weighted by atomic mass is 32.2. The number of nitrogens with one attached hydrogen (secondary N) is 1. The number of thiazole rings is 1. The molecule has 5 atom stereocenters. The highest BCUT2D eigenvalue weighted by molar-refractivity contribution is 7.89. The molecule has 0 spiro atoms. The second-order valence-electron chi connectivity index (χ2n) is 11.4. The number of fused-ring (bicyclic) bond motifs is 2. The first-order valence-electron chi connectivity index (χ1n) is 14.9. The summed E-state index contributed by atoms with van der Waals surface area (Å²) in [7, 11) is -3.95. The molecule has 2 heterocycles. The first-order valence-corrected chi connectivity index (χ1v) is 17.2. The molecule has 42 heavy (non-hydrogen) atoms. The van der Waals surface area contributed by atoms with E-state index in [1.165, 1.54) is 15.6 Å². The van der Waals surface area contributed by atoms with Crippen molar-refractivity contribution < 1.29 is 27.8 Å². The maximum atomic E-state index is 14.0. The lowest BCUT2D eigenvalue weighted by molar-refractivity contribution is 0.0495. The molecule has 1 saturated heterocycles. The lowest BCUT2D eigenvalue weighted by Gasteiger charge is -2.32. The van der Waals surface area contributed by atoms with Gasteiger partial charge in [-0.3, -0.25) is 0 Å². The van der Waals surface area contributed by atoms with Gasteiger partial charge in [0.05, 0.1) is 38.9 Å². The van der Waals surface area contributed by atoms with Crippen LogP contribution in [-0.2, 0) is 25.9 Å². The second-order valence-corrected chi connectivity index (χ2v) is 14.2. The Morgan fingerprint density at radius 3 is 2.69 bits per heavy atom. The van der Waals surface area contributed by atoms with Crippen molar-refractivity contribution in [3.05, 3.63) is 59.6 Å². The van der Waals surface area contributed by atoms with Crippen LogP contribution in [0.2, 0.25) is 0 Å².